The van der Waals surface area contributed by atoms with E-state index in [1.807, 2.05) is 0 Å². The van der Waals surface area contributed by atoms with Crippen LogP contribution in [-0.4, -0.2) is 52.5 Å². The number of carbonyl (C=O) groups is 2. The number of imide groups is 1. The molecule has 3 amide bonds. The Bertz CT molecular complexity index is 934. The van der Waals surface area contributed by atoms with Crippen LogP contribution in [0.1, 0.15) is 25.3 Å². The molecule has 1 aromatic carbocycles. The van der Waals surface area contributed by atoms with E-state index in [4.69, 9.17) is 0 Å². The van der Waals surface area contributed by atoms with E-state index in [0.29, 0.717) is 11.6 Å². The number of nitro benzene ring substituents is 1. The summed E-state index contributed by atoms with van der Waals surface area (Å²) in [5.41, 5.74) is 1.96. The van der Waals surface area contributed by atoms with Crippen LogP contribution in [0.4, 0.5) is 10.5 Å². The Morgan fingerprint density at radius 1 is 1.29 bits per heavy atom. The van der Waals surface area contributed by atoms with Gasteiger partial charge in [0.25, 0.3) is 11.5 Å². The Morgan fingerprint density at radius 3 is 2.57 bits per heavy atom. The zero-order chi connectivity index (χ0) is 20.4. The van der Waals surface area contributed by atoms with Crippen LogP contribution < -0.4 is 0 Å². The molecule has 146 valence electrons. The standard InChI is InChI=1S/C19H21N4O4S/c1-4-5-13-10-20-17-15(18(24)22(3)19(25)21(17)2)16(13)28-11-12-6-8-14(9-7-12)23(26)27/h6-10,15H,4-5,11H2,1-3H3/q+1. The fourth-order valence-corrected chi connectivity index (χ4v) is 4.43. The largest absolute Gasteiger partial charge is 0.445 e. The Morgan fingerprint density at radius 2 is 1.96 bits per heavy atom. The summed E-state index contributed by atoms with van der Waals surface area (Å²) in [6, 6.07) is 5.99. The highest BCUT2D eigenvalue weighted by Gasteiger charge is 2.48. The molecule has 1 atom stereocenters. The number of amides is 3. The molecule has 28 heavy (non-hydrogen) atoms. The maximum absolute atomic E-state index is 12.9. The van der Waals surface area contributed by atoms with Crippen molar-refractivity contribution in [3.05, 3.63) is 50.4 Å². The normalized spacial score (nSPS) is 19.4. The first-order valence-electron chi connectivity index (χ1n) is 8.90. The minimum absolute atomic E-state index is 0.0456. The Hall–Kier alpha value is -2.81. The summed E-state index contributed by atoms with van der Waals surface area (Å²) in [5, 5.41) is 10.8. The second-order valence-electron chi connectivity index (χ2n) is 6.64. The average molecular weight is 401 g/mol. The van der Waals surface area contributed by atoms with E-state index >= 15 is 0 Å². The molecule has 0 saturated heterocycles. The Kier molecular flexibility index (Phi) is 5.73. The number of rotatable bonds is 6. The molecule has 0 aromatic heterocycles. The van der Waals surface area contributed by atoms with Crippen LogP contribution in [-0.2, 0) is 10.5 Å². The monoisotopic (exact) mass is 401 g/mol. The molecule has 1 aromatic rings. The minimum atomic E-state index is -0.595. The second-order valence-corrected chi connectivity index (χ2v) is 7.66. The number of benzene rings is 1. The van der Waals surface area contributed by atoms with Crippen molar-refractivity contribution in [2.45, 2.75) is 25.5 Å². The molecule has 2 aliphatic heterocycles. The SMILES string of the molecule is CCCC1=C(SCc2ccc([N+](=O)[O-])cc2)C2C(=O)N(C)C(=O)[N+](C)=C2N=C1. The summed E-state index contributed by atoms with van der Waals surface area (Å²) in [7, 11) is 3.10. The lowest BCUT2D eigenvalue weighted by Crippen LogP contribution is -2.52. The number of aliphatic imine (C=N–C) groups is 1. The van der Waals surface area contributed by atoms with Gasteiger partial charge in [-0.3, -0.25) is 14.9 Å². The molecule has 0 N–H and O–H groups in total. The van der Waals surface area contributed by atoms with Crippen molar-refractivity contribution >= 4 is 41.4 Å². The molecule has 1 unspecified atom stereocenters. The number of allylic oxidation sites excluding steroid dienone is 1. The lowest BCUT2D eigenvalue weighted by atomic mass is 9.96. The van der Waals surface area contributed by atoms with Gasteiger partial charge in [0.05, 0.1) is 19.0 Å². The quantitative estimate of drug-likeness (QED) is 0.414. The predicted molar refractivity (Wildman–Crippen MR) is 108 cm³/mol. The van der Waals surface area contributed by atoms with Crippen LogP contribution in [0.2, 0.25) is 0 Å². The maximum atomic E-state index is 12.9. The van der Waals surface area contributed by atoms with Crippen LogP contribution in [0, 0.1) is 16.0 Å². The number of urea groups is 1. The van der Waals surface area contributed by atoms with E-state index in [0.717, 1.165) is 33.8 Å². The molecule has 0 saturated carbocycles. The molecule has 0 radical (unpaired) electrons. The zero-order valence-corrected chi connectivity index (χ0v) is 16.7. The molecule has 8 nitrogen and oxygen atoms in total. The van der Waals surface area contributed by atoms with E-state index in [1.165, 1.54) is 35.5 Å². The van der Waals surface area contributed by atoms with Gasteiger partial charge >= 0.3 is 11.9 Å². The van der Waals surface area contributed by atoms with Gasteiger partial charge in [-0.05, 0) is 17.6 Å². The smallest absolute Gasteiger partial charge is 0.258 e. The zero-order valence-electron chi connectivity index (χ0n) is 15.9. The van der Waals surface area contributed by atoms with Gasteiger partial charge in [0.2, 0.25) is 0 Å². The molecule has 0 fully saturated rings. The van der Waals surface area contributed by atoms with Crippen LogP contribution in [0.25, 0.3) is 0 Å². The molecule has 2 heterocycles. The number of dihydropyridines is 1. The number of non-ortho nitro benzene ring substituents is 1. The van der Waals surface area contributed by atoms with E-state index in [1.54, 1.807) is 25.4 Å². The van der Waals surface area contributed by atoms with Crippen molar-refractivity contribution < 1.29 is 19.1 Å². The molecule has 2 aliphatic rings. The van der Waals surface area contributed by atoms with E-state index in [9.17, 15) is 19.7 Å². The molecule has 9 heteroatoms. The first-order chi connectivity index (χ1) is 13.3. The highest BCUT2D eigenvalue weighted by atomic mass is 32.2. The van der Waals surface area contributed by atoms with Gasteiger partial charge in [-0.2, -0.15) is 9.48 Å². The lowest BCUT2D eigenvalue weighted by Gasteiger charge is -2.28. The van der Waals surface area contributed by atoms with Gasteiger partial charge in [-0.15, -0.1) is 16.8 Å². The third-order valence-electron chi connectivity index (χ3n) is 4.75. The number of fused-ring (bicyclic) bond motifs is 1. The first kappa shape index (κ1) is 19.9. The van der Waals surface area contributed by atoms with Crippen LogP contribution in [0.3, 0.4) is 0 Å². The van der Waals surface area contributed by atoms with E-state index in [-0.39, 0.29) is 11.6 Å². The first-order valence-corrected chi connectivity index (χ1v) is 9.89. The van der Waals surface area contributed by atoms with Gasteiger partial charge in [0, 0.05) is 22.8 Å². The fourth-order valence-electron chi connectivity index (χ4n) is 3.21. The highest BCUT2D eigenvalue weighted by molar-refractivity contribution is 8.02. The molecule has 0 aliphatic carbocycles. The Balaban J connectivity index is 1.92. The van der Waals surface area contributed by atoms with Crippen LogP contribution >= 0.6 is 11.8 Å². The Labute approximate surface area is 166 Å². The molecule has 0 spiro atoms. The third kappa shape index (κ3) is 3.62. The summed E-state index contributed by atoms with van der Waals surface area (Å²) in [6.45, 7) is 2.06. The molecular weight excluding hydrogens is 380 g/mol. The minimum Gasteiger partial charge on any atom is -0.258 e. The number of hydrogen-bond donors (Lipinski definition) is 0. The molecule has 0 bridgehead atoms. The lowest BCUT2D eigenvalue weighted by molar-refractivity contribution is -0.407. The maximum Gasteiger partial charge on any atom is 0.445 e. The van der Waals surface area contributed by atoms with Gasteiger partial charge in [0.1, 0.15) is 6.21 Å². The highest BCUT2D eigenvalue weighted by Crippen LogP contribution is 2.37. The third-order valence-corrected chi connectivity index (χ3v) is 6.03. The van der Waals surface area contributed by atoms with Crippen molar-refractivity contribution in [3.63, 3.8) is 0 Å². The van der Waals surface area contributed by atoms with Crippen molar-refractivity contribution in [2.24, 2.45) is 10.9 Å². The number of nitrogens with zero attached hydrogens (tertiary/aromatic N) is 4. The molecular formula is C19H21N4O4S+. The number of amidine groups is 1. The summed E-state index contributed by atoms with van der Waals surface area (Å²) < 4.78 is 1.41. The summed E-state index contributed by atoms with van der Waals surface area (Å²) >= 11 is 1.52. The van der Waals surface area contributed by atoms with Crippen molar-refractivity contribution in [3.8, 4) is 0 Å². The van der Waals surface area contributed by atoms with Gasteiger partial charge < -0.3 is 0 Å². The van der Waals surface area contributed by atoms with Crippen molar-refractivity contribution in [2.75, 3.05) is 14.1 Å². The van der Waals surface area contributed by atoms with Gasteiger partial charge in [-0.1, -0.05) is 25.5 Å². The number of carbonyl (C=O) groups excluding carboxylic acids is 2. The predicted octanol–water partition coefficient (Wildman–Crippen LogP) is 3.22. The second kappa shape index (κ2) is 8.05. The molecule has 3 rings (SSSR count). The van der Waals surface area contributed by atoms with Crippen LogP contribution in [0.5, 0.6) is 0 Å². The fraction of sp³-hybridized carbons (Fsp3) is 0.368. The van der Waals surface area contributed by atoms with Crippen LogP contribution in [0.15, 0.2) is 39.7 Å². The van der Waals surface area contributed by atoms with E-state index < -0.39 is 16.9 Å². The van der Waals surface area contributed by atoms with Gasteiger partial charge in [-0.25, -0.2) is 4.79 Å². The van der Waals surface area contributed by atoms with Crippen molar-refractivity contribution in [1.29, 1.82) is 0 Å². The number of thioether (sulfide) groups is 1. The number of nitro groups is 1. The topological polar surface area (TPSA) is 95.9 Å². The summed E-state index contributed by atoms with van der Waals surface area (Å²) in [6.07, 6.45) is 3.43. The summed E-state index contributed by atoms with van der Waals surface area (Å²) in [4.78, 5) is 41.9. The number of hydrogen-bond acceptors (Lipinski definition) is 6. The summed E-state index contributed by atoms with van der Waals surface area (Å²) in [5.74, 6) is 0.128. The van der Waals surface area contributed by atoms with Gasteiger partial charge in [0.15, 0.2) is 5.92 Å². The van der Waals surface area contributed by atoms with Crippen molar-refractivity contribution in [1.82, 2.24) is 4.90 Å². The van der Waals surface area contributed by atoms with E-state index in [2.05, 4.69) is 11.9 Å². The average Bonchev–Trinajstić information content (AvgIpc) is 2.69.